The predicted molar refractivity (Wildman–Crippen MR) is 92.3 cm³/mol. The molecule has 2 N–H and O–H groups in total. The standard InChI is InChI=1S/C19H25F3N2O3/c20-14-5-17(21)16(18(22)6-14)7-19(27)24-9-12(13(10-24)11-25)8-23-3-1-15(26)2-4-23/h5-6,12-13,15,25-26H,1-4,7-11H2/t12-,13-/m1/s1. The summed E-state index contributed by atoms with van der Waals surface area (Å²) in [6, 6.07) is 1.14. The van der Waals surface area contributed by atoms with Crippen LogP contribution in [0.4, 0.5) is 13.2 Å². The molecule has 0 saturated carbocycles. The van der Waals surface area contributed by atoms with Crippen molar-refractivity contribution in [1.29, 1.82) is 0 Å². The van der Waals surface area contributed by atoms with Gasteiger partial charge in [0.25, 0.3) is 0 Å². The van der Waals surface area contributed by atoms with Gasteiger partial charge in [0, 0.05) is 62.9 Å². The fourth-order valence-electron chi connectivity index (χ4n) is 3.99. The summed E-state index contributed by atoms with van der Waals surface area (Å²) >= 11 is 0. The molecule has 0 bridgehead atoms. The van der Waals surface area contributed by atoms with Gasteiger partial charge in [-0.2, -0.15) is 0 Å². The Bertz CT molecular complexity index is 657. The highest BCUT2D eigenvalue weighted by molar-refractivity contribution is 5.79. The molecule has 1 aromatic rings. The second-order valence-electron chi connectivity index (χ2n) is 7.56. The molecule has 0 radical (unpaired) electrons. The molecule has 3 rings (SSSR count). The van der Waals surface area contributed by atoms with Crippen LogP contribution in [0.5, 0.6) is 0 Å². The number of hydrogen-bond donors (Lipinski definition) is 2. The monoisotopic (exact) mass is 386 g/mol. The minimum Gasteiger partial charge on any atom is -0.396 e. The predicted octanol–water partition coefficient (Wildman–Crippen LogP) is 1.17. The Kier molecular flexibility index (Phi) is 6.39. The number of benzene rings is 1. The molecule has 0 unspecified atom stereocenters. The quantitative estimate of drug-likeness (QED) is 0.798. The number of hydrogen-bond acceptors (Lipinski definition) is 4. The van der Waals surface area contributed by atoms with Crippen molar-refractivity contribution in [1.82, 2.24) is 9.80 Å². The van der Waals surface area contributed by atoms with Gasteiger partial charge in [0.05, 0.1) is 12.5 Å². The van der Waals surface area contributed by atoms with Crippen molar-refractivity contribution in [3.63, 3.8) is 0 Å². The Morgan fingerprint density at radius 2 is 1.67 bits per heavy atom. The minimum atomic E-state index is -1.07. The van der Waals surface area contributed by atoms with Gasteiger partial charge in [0.1, 0.15) is 17.5 Å². The number of nitrogens with zero attached hydrogens (tertiary/aromatic N) is 2. The second kappa shape index (κ2) is 8.58. The zero-order valence-electron chi connectivity index (χ0n) is 15.1. The maximum absolute atomic E-state index is 13.8. The van der Waals surface area contributed by atoms with E-state index >= 15 is 0 Å². The molecule has 5 nitrogen and oxygen atoms in total. The summed E-state index contributed by atoms with van der Waals surface area (Å²) in [6.45, 7) is 2.94. The maximum Gasteiger partial charge on any atom is 0.227 e. The first kappa shape index (κ1) is 20.1. The highest BCUT2D eigenvalue weighted by Gasteiger charge is 2.36. The normalized spacial score (nSPS) is 24.6. The van der Waals surface area contributed by atoms with E-state index in [0.29, 0.717) is 44.6 Å². The lowest BCUT2D eigenvalue weighted by molar-refractivity contribution is -0.129. The first-order chi connectivity index (χ1) is 12.9. The van der Waals surface area contributed by atoms with Crippen molar-refractivity contribution < 1.29 is 28.2 Å². The van der Waals surface area contributed by atoms with E-state index in [1.807, 2.05) is 0 Å². The van der Waals surface area contributed by atoms with E-state index in [0.717, 1.165) is 13.1 Å². The molecule has 1 aromatic carbocycles. The van der Waals surface area contributed by atoms with Gasteiger partial charge < -0.3 is 20.0 Å². The largest absolute Gasteiger partial charge is 0.396 e. The molecular formula is C19H25F3N2O3. The first-order valence-electron chi connectivity index (χ1n) is 9.29. The first-order valence-corrected chi connectivity index (χ1v) is 9.29. The van der Waals surface area contributed by atoms with Crippen LogP contribution in [0.1, 0.15) is 18.4 Å². The number of rotatable bonds is 5. The Morgan fingerprint density at radius 1 is 1.07 bits per heavy atom. The van der Waals surface area contributed by atoms with Gasteiger partial charge in [-0.1, -0.05) is 0 Å². The third-order valence-electron chi connectivity index (χ3n) is 5.65. The molecule has 27 heavy (non-hydrogen) atoms. The summed E-state index contributed by atoms with van der Waals surface area (Å²) in [4.78, 5) is 16.3. The van der Waals surface area contributed by atoms with E-state index in [9.17, 15) is 28.2 Å². The fraction of sp³-hybridized carbons (Fsp3) is 0.632. The van der Waals surface area contributed by atoms with Crippen LogP contribution >= 0.6 is 0 Å². The molecule has 2 aliphatic heterocycles. The molecule has 150 valence electrons. The van der Waals surface area contributed by atoms with Gasteiger partial charge in [0.2, 0.25) is 5.91 Å². The zero-order chi connectivity index (χ0) is 19.6. The average Bonchev–Trinajstić information content (AvgIpc) is 3.03. The summed E-state index contributed by atoms with van der Waals surface area (Å²) in [5.74, 6) is -3.62. The molecular weight excluding hydrogens is 361 g/mol. The zero-order valence-corrected chi connectivity index (χ0v) is 15.1. The fourth-order valence-corrected chi connectivity index (χ4v) is 3.99. The SMILES string of the molecule is O=C(Cc1c(F)cc(F)cc1F)N1C[C@@H](CN2CCC(O)CC2)[C@@H](CO)C1. The molecule has 2 atom stereocenters. The number of piperidine rings is 1. The molecule has 0 aromatic heterocycles. The van der Waals surface area contributed by atoms with E-state index in [-0.39, 0.29) is 24.5 Å². The lowest BCUT2D eigenvalue weighted by Crippen LogP contribution is -2.41. The van der Waals surface area contributed by atoms with Gasteiger partial charge in [-0.05, 0) is 18.8 Å². The third-order valence-corrected chi connectivity index (χ3v) is 5.65. The highest BCUT2D eigenvalue weighted by atomic mass is 19.1. The Hall–Kier alpha value is -1.64. The Balaban J connectivity index is 1.61. The van der Waals surface area contributed by atoms with Crippen LogP contribution < -0.4 is 0 Å². The van der Waals surface area contributed by atoms with Crippen molar-refractivity contribution in [2.24, 2.45) is 11.8 Å². The molecule has 0 spiro atoms. The van der Waals surface area contributed by atoms with Crippen LogP contribution in [0.3, 0.4) is 0 Å². The van der Waals surface area contributed by atoms with Crippen LogP contribution in [-0.2, 0) is 11.2 Å². The maximum atomic E-state index is 13.8. The lowest BCUT2D eigenvalue weighted by atomic mass is 9.95. The van der Waals surface area contributed by atoms with Crippen LogP contribution in [0.25, 0.3) is 0 Å². The number of carbonyl (C=O) groups is 1. The van der Waals surface area contributed by atoms with E-state index in [1.165, 1.54) is 4.90 Å². The van der Waals surface area contributed by atoms with E-state index < -0.39 is 35.3 Å². The number of aliphatic hydroxyl groups excluding tert-OH is 2. The minimum absolute atomic E-state index is 0.0653. The number of aliphatic hydroxyl groups is 2. The van der Waals surface area contributed by atoms with Crippen LogP contribution in [-0.4, -0.2) is 71.4 Å². The molecule has 2 aliphatic rings. The molecule has 0 aliphatic carbocycles. The summed E-state index contributed by atoms with van der Waals surface area (Å²) in [6.07, 6.45) is 0.681. The van der Waals surface area contributed by atoms with Crippen molar-refractivity contribution >= 4 is 5.91 Å². The van der Waals surface area contributed by atoms with E-state index in [1.54, 1.807) is 0 Å². The van der Waals surface area contributed by atoms with Crippen molar-refractivity contribution in [3.05, 3.63) is 35.1 Å². The summed E-state index contributed by atoms with van der Waals surface area (Å²) in [5, 5.41) is 19.3. The molecule has 1 amide bonds. The van der Waals surface area contributed by atoms with Gasteiger partial charge in [-0.3, -0.25) is 4.79 Å². The van der Waals surface area contributed by atoms with Crippen molar-refractivity contribution in [2.75, 3.05) is 39.3 Å². The molecule has 2 saturated heterocycles. The molecule has 2 heterocycles. The van der Waals surface area contributed by atoms with Crippen LogP contribution in [0.2, 0.25) is 0 Å². The third kappa shape index (κ3) is 4.80. The van der Waals surface area contributed by atoms with Crippen LogP contribution in [0.15, 0.2) is 12.1 Å². The number of carbonyl (C=O) groups excluding carboxylic acids is 1. The van der Waals surface area contributed by atoms with Gasteiger partial charge in [-0.25, -0.2) is 13.2 Å². The van der Waals surface area contributed by atoms with Crippen molar-refractivity contribution in [3.8, 4) is 0 Å². The number of halogens is 3. The van der Waals surface area contributed by atoms with Crippen LogP contribution in [0, 0.1) is 29.3 Å². The Labute approximate surface area is 156 Å². The van der Waals surface area contributed by atoms with Gasteiger partial charge >= 0.3 is 0 Å². The molecule has 8 heteroatoms. The summed E-state index contributed by atoms with van der Waals surface area (Å²) < 4.78 is 40.6. The number of likely N-dealkylation sites (tertiary alicyclic amines) is 2. The van der Waals surface area contributed by atoms with E-state index in [4.69, 9.17) is 0 Å². The van der Waals surface area contributed by atoms with Gasteiger partial charge in [-0.15, -0.1) is 0 Å². The van der Waals surface area contributed by atoms with Crippen molar-refractivity contribution in [2.45, 2.75) is 25.4 Å². The summed E-state index contributed by atoms with van der Waals surface area (Å²) in [7, 11) is 0. The smallest absolute Gasteiger partial charge is 0.227 e. The topological polar surface area (TPSA) is 64.0 Å². The Morgan fingerprint density at radius 3 is 2.26 bits per heavy atom. The van der Waals surface area contributed by atoms with Gasteiger partial charge in [0.15, 0.2) is 0 Å². The lowest BCUT2D eigenvalue weighted by Gasteiger charge is -2.32. The highest BCUT2D eigenvalue weighted by Crippen LogP contribution is 2.26. The van der Waals surface area contributed by atoms with E-state index in [2.05, 4.69) is 4.90 Å². The second-order valence-corrected chi connectivity index (χ2v) is 7.56. The number of amides is 1. The molecule has 2 fully saturated rings. The average molecular weight is 386 g/mol. The summed E-state index contributed by atoms with van der Waals surface area (Å²) in [5.41, 5.74) is -0.435.